The lowest BCUT2D eigenvalue weighted by Gasteiger charge is -2.32. The van der Waals surface area contributed by atoms with Gasteiger partial charge in [-0.15, -0.1) is 0 Å². The minimum atomic E-state index is -0.602. The van der Waals surface area contributed by atoms with Crippen molar-refractivity contribution in [3.8, 4) is 0 Å². The van der Waals surface area contributed by atoms with E-state index in [1.807, 2.05) is 20.8 Å². The van der Waals surface area contributed by atoms with Gasteiger partial charge in [0.1, 0.15) is 0 Å². The number of rotatable bonds is 3. The monoisotopic (exact) mass is 271 g/mol. The summed E-state index contributed by atoms with van der Waals surface area (Å²) in [5.41, 5.74) is 5.60. The Balaban J connectivity index is 2.51. The molecule has 0 spiro atoms. The normalized spacial score (nSPS) is 18.1. The Bertz CT molecular complexity index is 333. The first-order valence-corrected chi connectivity index (χ1v) is 6.59. The minimum absolute atomic E-state index is 0.0553. The van der Waals surface area contributed by atoms with Gasteiger partial charge < -0.3 is 20.3 Å². The van der Waals surface area contributed by atoms with Gasteiger partial charge in [-0.3, -0.25) is 9.59 Å². The lowest BCUT2D eigenvalue weighted by atomic mass is 9.86. The van der Waals surface area contributed by atoms with Crippen LogP contribution in [-0.2, 0) is 14.3 Å². The van der Waals surface area contributed by atoms with Crippen LogP contribution in [0.15, 0.2) is 0 Å². The van der Waals surface area contributed by atoms with Crippen LogP contribution < -0.4 is 5.73 Å². The zero-order chi connectivity index (χ0) is 14.6. The van der Waals surface area contributed by atoms with Crippen molar-refractivity contribution >= 4 is 11.8 Å². The fourth-order valence-corrected chi connectivity index (χ4v) is 1.80. The van der Waals surface area contributed by atoms with E-state index in [0.29, 0.717) is 26.3 Å². The summed E-state index contributed by atoms with van der Waals surface area (Å²) >= 11 is 0. The molecule has 6 nitrogen and oxygen atoms in total. The highest BCUT2D eigenvalue weighted by Crippen LogP contribution is 2.18. The number of carbonyl (C=O) groups excluding carboxylic acids is 2. The molecule has 6 heteroatoms. The SMILES string of the molecule is CN(CC(=O)N1CCOCC1)C(=O)[C@@H](N)C(C)(C)C. The molecule has 0 aromatic carbocycles. The molecule has 2 amide bonds. The molecule has 1 aliphatic heterocycles. The van der Waals surface area contributed by atoms with Crippen LogP contribution >= 0.6 is 0 Å². The van der Waals surface area contributed by atoms with Crippen molar-refractivity contribution in [2.45, 2.75) is 26.8 Å². The highest BCUT2D eigenvalue weighted by atomic mass is 16.5. The number of amides is 2. The fourth-order valence-electron chi connectivity index (χ4n) is 1.80. The first-order valence-electron chi connectivity index (χ1n) is 6.59. The van der Waals surface area contributed by atoms with Crippen LogP contribution in [0.25, 0.3) is 0 Å². The van der Waals surface area contributed by atoms with Crippen molar-refractivity contribution in [2.24, 2.45) is 11.1 Å². The molecule has 110 valence electrons. The first kappa shape index (κ1) is 15.9. The molecule has 0 aromatic heterocycles. The van der Waals surface area contributed by atoms with E-state index in [9.17, 15) is 9.59 Å². The molecule has 19 heavy (non-hydrogen) atoms. The van der Waals surface area contributed by atoms with Gasteiger partial charge in [-0.05, 0) is 5.41 Å². The van der Waals surface area contributed by atoms with E-state index in [1.54, 1.807) is 11.9 Å². The van der Waals surface area contributed by atoms with Crippen LogP contribution in [0.4, 0.5) is 0 Å². The van der Waals surface area contributed by atoms with Gasteiger partial charge in [0.25, 0.3) is 0 Å². The van der Waals surface area contributed by atoms with Gasteiger partial charge in [-0.1, -0.05) is 20.8 Å². The molecule has 1 aliphatic rings. The van der Waals surface area contributed by atoms with Gasteiger partial charge in [0, 0.05) is 20.1 Å². The molecular weight excluding hydrogens is 246 g/mol. The Labute approximate surface area is 114 Å². The lowest BCUT2D eigenvalue weighted by molar-refractivity contribution is -0.143. The molecule has 0 saturated carbocycles. The van der Waals surface area contributed by atoms with Crippen LogP contribution in [0.1, 0.15) is 20.8 Å². The summed E-state index contributed by atoms with van der Waals surface area (Å²) < 4.78 is 5.19. The molecule has 1 heterocycles. The summed E-state index contributed by atoms with van der Waals surface area (Å²) in [5.74, 6) is -0.255. The Morgan fingerprint density at radius 3 is 2.32 bits per heavy atom. The smallest absolute Gasteiger partial charge is 0.242 e. The van der Waals surface area contributed by atoms with E-state index in [4.69, 9.17) is 10.5 Å². The van der Waals surface area contributed by atoms with E-state index in [-0.39, 0.29) is 23.8 Å². The van der Waals surface area contributed by atoms with Crippen molar-refractivity contribution in [3.63, 3.8) is 0 Å². The quantitative estimate of drug-likeness (QED) is 0.763. The predicted molar refractivity (Wildman–Crippen MR) is 72.5 cm³/mol. The second-order valence-corrected chi connectivity index (χ2v) is 6.03. The molecule has 0 aromatic rings. The van der Waals surface area contributed by atoms with Gasteiger partial charge in [0.2, 0.25) is 11.8 Å². The van der Waals surface area contributed by atoms with Crippen LogP contribution in [-0.4, -0.2) is 67.6 Å². The van der Waals surface area contributed by atoms with E-state index < -0.39 is 6.04 Å². The number of nitrogens with two attached hydrogens (primary N) is 1. The van der Waals surface area contributed by atoms with E-state index in [2.05, 4.69) is 0 Å². The maximum Gasteiger partial charge on any atom is 0.242 e. The second kappa shape index (κ2) is 6.34. The highest BCUT2D eigenvalue weighted by molar-refractivity contribution is 5.87. The molecule has 1 rings (SSSR count). The zero-order valence-electron chi connectivity index (χ0n) is 12.3. The third-order valence-electron chi connectivity index (χ3n) is 3.31. The van der Waals surface area contributed by atoms with Gasteiger partial charge in [0.15, 0.2) is 0 Å². The minimum Gasteiger partial charge on any atom is -0.378 e. The van der Waals surface area contributed by atoms with Crippen molar-refractivity contribution in [3.05, 3.63) is 0 Å². The van der Waals surface area contributed by atoms with Crippen molar-refractivity contribution in [1.82, 2.24) is 9.80 Å². The van der Waals surface area contributed by atoms with Crippen LogP contribution in [0.5, 0.6) is 0 Å². The van der Waals surface area contributed by atoms with Crippen molar-refractivity contribution < 1.29 is 14.3 Å². The van der Waals surface area contributed by atoms with Gasteiger partial charge in [-0.2, -0.15) is 0 Å². The van der Waals surface area contributed by atoms with Crippen LogP contribution in [0, 0.1) is 5.41 Å². The maximum absolute atomic E-state index is 12.1. The third-order valence-corrected chi connectivity index (χ3v) is 3.31. The average Bonchev–Trinajstić information content (AvgIpc) is 2.36. The summed E-state index contributed by atoms with van der Waals surface area (Å²) in [4.78, 5) is 27.3. The van der Waals surface area contributed by atoms with Crippen molar-refractivity contribution in [2.75, 3.05) is 39.9 Å². The Morgan fingerprint density at radius 1 is 1.32 bits per heavy atom. The molecule has 1 fully saturated rings. The highest BCUT2D eigenvalue weighted by Gasteiger charge is 2.31. The predicted octanol–water partition coefficient (Wildman–Crippen LogP) is -0.323. The topological polar surface area (TPSA) is 75.9 Å². The number of hydrogen-bond donors (Lipinski definition) is 1. The molecule has 2 N–H and O–H groups in total. The molecule has 1 saturated heterocycles. The Kier molecular flexibility index (Phi) is 5.31. The molecule has 0 bridgehead atoms. The summed E-state index contributed by atoms with van der Waals surface area (Å²) in [7, 11) is 1.62. The van der Waals surface area contributed by atoms with Crippen LogP contribution in [0.2, 0.25) is 0 Å². The van der Waals surface area contributed by atoms with Gasteiger partial charge >= 0.3 is 0 Å². The van der Waals surface area contributed by atoms with Crippen LogP contribution in [0.3, 0.4) is 0 Å². The Hall–Kier alpha value is -1.14. The standard InChI is InChI=1S/C13H25N3O3/c1-13(2,3)11(14)12(18)15(4)9-10(17)16-5-7-19-8-6-16/h11H,5-9,14H2,1-4H3/t11-/m1/s1. The third kappa shape index (κ3) is 4.47. The number of likely N-dealkylation sites (N-methyl/N-ethyl adjacent to an activating group) is 1. The molecule has 1 atom stereocenters. The van der Waals surface area contributed by atoms with Crippen molar-refractivity contribution in [1.29, 1.82) is 0 Å². The summed E-state index contributed by atoms with van der Waals surface area (Å²) in [6, 6.07) is -0.602. The van der Waals surface area contributed by atoms with E-state index >= 15 is 0 Å². The Morgan fingerprint density at radius 2 is 1.84 bits per heavy atom. The second-order valence-electron chi connectivity index (χ2n) is 6.03. The summed E-state index contributed by atoms with van der Waals surface area (Å²) in [6.45, 7) is 8.10. The summed E-state index contributed by atoms with van der Waals surface area (Å²) in [6.07, 6.45) is 0. The molecular formula is C13H25N3O3. The number of ether oxygens (including phenoxy) is 1. The maximum atomic E-state index is 12.1. The van der Waals surface area contributed by atoms with E-state index in [1.165, 1.54) is 4.90 Å². The van der Waals surface area contributed by atoms with Gasteiger partial charge in [-0.25, -0.2) is 0 Å². The average molecular weight is 271 g/mol. The number of hydrogen-bond acceptors (Lipinski definition) is 4. The first-order chi connectivity index (χ1) is 8.73. The fraction of sp³-hybridized carbons (Fsp3) is 0.846. The number of nitrogens with zero attached hydrogens (tertiary/aromatic N) is 2. The molecule has 0 unspecified atom stereocenters. The largest absolute Gasteiger partial charge is 0.378 e. The number of carbonyl (C=O) groups is 2. The zero-order valence-corrected chi connectivity index (χ0v) is 12.3. The molecule has 0 radical (unpaired) electrons. The van der Waals surface area contributed by atoms with Gasteiger partial charge in [0.05, 0.1) is 25.8 Å². The van der Waals surface area contributed by atoms with E-state index in [0.717, 1.165) is 0 Å². The molecule has 0 aliphatic carbocycles. The number of morpholine rings is 1. The summed E-state index contributed by atoms with van der Waals surface area (Å²) in [5, 5.41) is 0. The lowest BCUT2D eigenvalue weighted by Crippen LogP contribution is -2.52.